The standard InChI is InChI=1S/C22H23FN2O5/c1-12(2)18(11-26)25-10-17(22(28)29)19(27)16-9-14(21(30-3)24-20(16)25)8-13-4-6-15(23)7-5-13/h4-7,9-10,12,18,26H,8,11H2,1-3H3,(H,28,29)/t18-/m1/s1. The predicted octanol–water partition coefficient (Wildman–Crippen LogP) is 3.02. The lowest BCUT2D eigenvalue weighted by molar-refractivity contribution is 0.0694. The van der Waals surface area contributed by atoms with E-state index in [-0.39, 0.29) is 35.3 Å². The molecule has 0 aliphatic heterocycles. The molecule has 3 aromatic rings. The summed E-state index contributed by atoms with van der Waals surface area (Å²) in [7, 11) is 1.45. The zero-order valence-electron chi connectivity index (χ0n) is 16.9. The molecular weight excluding hydrogens is 391 g/mol. The fourth-order valence-electron chi connectivity index (χ4n) is 3.45. The minimum atomic E-state index is -1.35. The van der Waals surface area contributed by atoms with E-state index in [9.17, 15) is 24.2 Å². The highest BCUT2D eigenvalue weighted by molar-refractivity contribution is 5.92. The van der Waals surface area contributed by atoms with E-state index in [1.165, 1.54) is 30.0 Å². The Hall–Kier alpha value is -3.26. The van der Waals surface area contributed by atoms with Crippen molar-refractivity contribution in [2.24, 2.45) is 5.92 Å². The molecule has 0 bridgehead atoms. The van der Waals surface area contributed by atoms with Gasteiger partial charge < -0.3 is 19.5 Å². The average Bonchev–Trinajstić information content (AvgIpc) is 2.71. The Bertz CT molecular complexity index is 1140. The van der Waals surface area contributed by atoms with Crippen molar-refractivity contribution >= 4 is 17.0 Å². The first-order valence-electron chi connectivity index (χ1n) is 9.48. The first-order valence-corrected chi connectivity index (χ1v) is 9.48. The van der Waals surface area contributed by atoms with Gasteiger partial charge >= 0.3 is 5.97 Å². The van der Waals surface area contributed by atoms with Gasteiger partial charge in [-0.25, -0.2) is 9.18 Å². The molecule has 30 heavy (non-hydrogen) atoms. The van der Waals surface area contributed by atoms with Gasteiger partial charge in [0.05, 0.1) is 25.1 Å². The summed E-state index contributed by atoms with van der Waals surface area (Å²) in [5.41, 5.74) is 0.511. The van der Waals surface area contributed by atoms with Crippen LogP contribution < -0.4 is 10.2 Å². The van der Waals surface area contributed by atoms with Crippen molar-refractivity contribution in [1.82, 2.24) is 9.55 Å². The van der Waals surface area contributed by atoms with Crippen LogP contribution in [0.5, 0.6) is 5.88 Å². The van der Waals surface area contributed by atoms with Gasteiger partial charge in [-0.3, -0.25) is 4.79 Å². The van der Waals surface area contributed by atoms with E-state index in [2.05, 4.69) is 4.98 Å². The van der Waals surface area contributed by atoms with Crippen molar-refractivity contribution < 1.29 is 24.1 Å². The second-order valence-electron chi connectivity index (χ2n) is 7.41. The van der Waals surface area contributed by atoms with E-state index in [1.807, 2.05) is 13.8 Å². The molecule has 2 N–H and O–H groups in total. The van der Waals surface area contributed by atoms with E-state index in [0.717, 1.165) is 5.56 Å². The SMILES string of the molecule is COc1nc2c(cc1Cc1ccc(F)cc1)c(=O)c(C(=O)O)cn2[C@H](CO)C(C)C. The fraction of sp³-hybridized carbons (Fsp3) is 0.318. The molecule has 1 atom stereocenters. The molecule has 0 saturated heterocycles. The first-order chi connectivity index (χ1) is 14.3. The van der Waals surface area contributed by atoms with E-state index in [4.69, 9.17) is 4.74 Å². The number of aromatic nitrogens is 2. The number of fused-ring (bicyclic) bond motifs is 1. The molecule has 3 rings (SSSR count). The lowest BCUT2D eigenvalue weighted by atomic mass is 10.0. The molecule has 0 amide bonds. The van der Waals surface area contributed by atoms with Crippen LogP contribution in [0, 0.1) is 11.7 Å². The highest BCUT2D eigenvalue weighted by Crippen LogP contribution is 2.27. The summed E-state index contributed by atoms with van der Waals surface area (Å²) in [6.07, 6.45) is 1.54. The van der Waals surface area contributed by atoms with Gasteiger partial charge in [0.25, 0.3) is 0 Å². The van der Waals surface area contributed by atoms with Crippen LogP contribution in [0.4, 0.5) is 4.39 Å². The third kappa shape index (κ3) is 4.04. The fourth-order valence-corrected chi connectivity index (χ4v) is 3.45. The van der Waals surface area contributed by atoms with Crippen molar-refractivity contribution in [3.8, 4) is 5.88 Å². The Kier molecular flexibility index (Phi) is 6.17. The van der Waals surface area contributed by atoms with Gasteiger partial charge in [-0.15, -0.1) is 0 Å². The van der Waals surface area contributed by atoms with Gasteiger partial charge in [0, 0.05) is 18.2 Å². The predicted molar refractivity (Wildman–Crippen MR) is 110 cm³/mol. The molecule has 0 aliphatic carbocycles. The van der Waals surface area contributed by atoms with Crippen LogP contribution in [0.1, 0.15) is 41.4 Å². The number of rotatable bonds is 7. The monoisotopic (exact) mass is 414 g/mol. The second-order valence-corrected chi connectivity index (χ2v) is 7.41. The number of carboxylic acid groups (broad SMARTS) is 1. The summed E-state index contributed by atoms with van der Waals surface area (Å²) in [6, 6.07) is 6.98. The Morgan fingerprint density at radius 2 is 1.93 bits per heavy atom. The number of hydrogen-bond donors (Lipinski definition) is 2. The molecule has 7 nitrogen and oxygen atoms in total. The number of carbonyl (C=O) groups is 1. The van der Waals surface area contributed by atoms with Crippen LogP contribution in [0.25, 0.3) is 11.0 Å². The van der Waals surface area contributed by atoms with Gasteiger partial charge in [0.15, 0.2) is 0 Å². The van der Waals surface area contributed by atoms with Crippen molar-refractivity contribution in [2.45, 2.75) is 26.3 Å². The molecule has 0 saturated carbocycles. The van der Waals surface area contributed by atoms with Crippen molar-refractivity contribution in [2.75, 3.05) is 13.7 Å². The Balaban J connectivity index is 2.29. The van der Waals surface area contributed by atoms with Crippen LogP contribution in [-0.2, 0) is 6.42 Å². The van der Waals surface area contributed by atoms with Gasteiger partial charge in [-0.05, 0) is 29.7 Å². The van der Waals surface area contributed by atoms with E-state index < -0.39 is 23.0 Å². The molecule has 0 unspecified atom stereocenters. The van der Waals surface area contributed by atoms with Crippen molar-refractivity contribution in [3.63, 3.8) is 0 Å². The molecule has 0 aliphatic rings. The maximum atomic E-state index is 13.2. The van der Waals surface area contributed by atoms with Gasteiger partial charge in [-0.2, -0.15) is 4.98 Å². The minimum absolute atomic E-state index is 0.0472. The summed E-state index contributed by atoms with van der Waals surface area (Å²) in [5.74, 6) is -1.50. The third-order valence-electron chi connectivity index (χ3n) is 5.09. The van der Waals surface area contributed by atoms with Crippen molar-refractivity contribution in [3.05, 3.63) is 69.3 Å². The van der Waals surface area contributed by atoms with Crippen LogP contribution >= 0.6 is 0 Å². The van der Waals surface area contributed by atoms with E-state index >= 15 is 0 Å². The maximum absolute atomic E-state index is 13.2. The quantitative estimate of drug-likeness (QED) is 0.616. The molecule has 2 aromatic heterocycles. The Morgan fingerprint density at radius 3 is 2.47 bits per heavy atom. The lowest BCUT2D eigenvalue weighted by Crippen LogP contribution is -2.26. The number of pyridine rings is 2. The number of methoxy groups -OCH3 is 1. The largest absolute Gasteiger partial charge is 0.481 e. The number of hydrogen-bond acceptors (Lipinski definition) is 5. The number of nitrogens with zero attached hydrogens (tertiary/aromatic N) is 2. The zero-order chi connectivity index (χ0) is 22.0. The number of benzene rings is 1. The van der Waals surface area contributed by atoms with Gasteiger partial charge in [0.1, 0.15) is 17.0 Å². The van der Waals surface area contributed by atoms with E-state index in [1.54, 1.807) is 18.2 Å². The van der Waals surface area contributed by atoms with Gasteiger partial charge in [0.2, 0.25) is 11.3 Å². The molecule has 1 aromatic carbocycles. The number of aliphatic hydroxyl groups is 1. The molecule has 0 spiro atoms. The zero-order valence-corrected chi connectivity index (χ0v) is 16.9. The summed E-state index contributed by atoms with van der Waals surface area (Å²) in [4.78, 5) is 29.0. The highest BCUT2D eigenvalue weighted by Gasteiger charge is 2.23. The number of halogens is 1. The number of carboxylic acids is 1. The topological polar surface area (TPSA) is 102 Å². The molecule has 2 heterocycles. The molecule has 158 valence electrons. The summed E-state index contributed by atoms with van der Waals surface area (Å²) in [5, 5.41) is 19.5. The summed E-state index contributed by atoms with van der Waals surface area (Å²) < 4.78 is 20.2. The summed E-state index contributed by atoms with van der Waals surface area (Å²) in [6.45, 7) is 3.51. The molecular formula is C22H23FN2O5. The average molecular weight is 414 g/mol. The highest BCUT2D eigenvalue weighted by atomic mass is 19.1. The third-order valence-corrected chi connectivity index (χ3v) is 5.09. The summed E-state index contributed by atoms with van der Waals surface area (Å²) >= 11 is 0. The van der Waals surface area contributed by atoms with Crippen LogP contribution in [-0.4, -0.2) is 39.5 Å². The molecule has 8 heteroatoms. The van der Waals surface area contributed by atoms with Crippen LogP contribution in [0.15, 0.2) is 41.3 Å². The molecule has 0 fully saturated rings. The number of ether oxygens (including phenoxy) is 1. The Labute approximate surface area is 172 Å². The minimum Gasteiger partial charge on any atom is -0.481 e. The van der Waals surface area contributed by atoms with Crippen LogP contribution in [0.2, 0.25) is 0 Å². The Morgan fingerprint density at radius 1 is 1.27 bits per heavy atom. The lowest BCUT2D eigenvalue weighted by Gasteiger charge is -2.24. The number of aromatic carboxylic acids is 1. The number of aliphatic hydroxyl groups excluding tert-OH is 1. The first kappa shape index (κ1) is 21.4. The van der Waals surface area contributed by atoms with Crippen molar-refractivity contribution in [1.29, 1.82) is 0 Å². The van der Waals surface area contributed by atoms with E-state index in [0.29, 0.717) is 12.0 Å². The molecule has 0 radical (unpaired) electrons. The normalized spacial score (nSPS) is 12.3. The maximum Gasteiger partial charge on any atom is 0.341 e. The second kappa shape index (κ2) is 8.62. The van der Waals surface area contributed by atoms with Gasteiger partial charge in [-0.1, -0.05) is 26.0 Å². The van der Waals surface area contributed by atoms with Crippen LogP contribution in [0.3, 0.4) is 0 Å². The smallest absolute Gasteiger partial charge is 0.341 e.